The molecule has 40 heavy (non-hydrogen) atoms. The highest BCUT2D eigenvalue weighted by Gasteiger charge is 2.38. The zero-order valence-electron chi connectivity index (χ0n) is 23.7. The average molecular weight is 570 g/mol. The lowest BCUT2D eigenvalue weighted by Crippen LogP contribution is -3.10. The number of esters is 2. The molecule has 3 heterocycles. The van der Waals surface area contributed by atoms with Gasteiger partial charge in [0.15, 0.2) is 6.04 Å². The van der Waals surface area contributed by atoms with Crippen molar-refractivity contribution >= 4 is 34.9 Å². The number of amides is 1. The second-order valence-electron chi connectivity index (χ2n) is 11.8. The largest absolute Gasteiger partial charge is 0.424 e. The molecule has 3 fully saturated rings. The maximum Gasteiger partial charge on any atom is 0.367 e. The minimum absolute atomic E-state index is 0.0317. The predicted molar refractivity (Wildman–Crippen MR) is 154 cm³/mol. The van der Waals surface area contributed by atoms with E-state index in [4.69, 9.17) is 9.47 Å². The monoisotopic (exact) mass is 569 g/mol. The van der Waals surface area contributed by atoms with Gasteiger partial charge in [0.25, 0.3) is 0 Å². The van der Waals surface area contributed by atoms with E-state index in [2.05, 4.69) is 14.0 Å². The van der Waals surface area contributed by atoms with Crippen LogP contribution in [-0.4, -0.2) is 63.4 Å². The lowest BCUT2D eigenvalue weighted by molar-refractivity contribution is -0.884. The molecule has 1 aromatic heterocycles. The van der Waals surface area contributed by atoms with Gasteiger partial charge in [0, 0.05) is 42.5 Å². The van der Waals surface area contributed by atoms with Gasteiger partial charge in [-0.2, -0.15) is 0 Å². The van der Waals surface area contributed by atoms with Crippen LogP contribution in [0.2, 0.25) is 0 Å². The topological polar surface area (TPSA) is 94.0 Å². The summed E-state index contributed by atoms with van der Waals surface area (Å²) in [5.41, 5.74) is 1.63. The molecule has 1 atom stereocenters. The number of rotatable bonds is 8. The third-order valence-corrected chi connectivity index (χ3v) is 10.0. The minimum Gasteiger partial charge on any atom is -0.424 e. The smallest absolute Gasteiger partial charge is 0.367 e. The van der Waals surface area contributed by atoms with Crippen molar-refractivity contribution in [1.82, 2.24) is 0 Å². The van der Waals surface area contributed by atoms with Crippen molar-refractivity contribution in [3.8, 4) is 10.4 Å². The van der Waals surface area contributed by atoms with Gasteiger partial charge in [-0.25, -0.2) is 9.59 Å². The van der Waals surface area contributed by atoms with E-state index >= 15 is 0 Å². The first-order chi connectivity index (χ1) is 19.4. The highest BCUT2D eigenvalue weighted by molar-refractivity contribution is 7.18. The fourth-order valence-electron chi connectivity index (χ4n) is 6.31. The van der Waals surface area contributed by atoms with Gasteiger partial charge in [-0.05, 0) is 43.2 Å². The van der Waals surface area contributed by atoms with Crippen LogP contribution >= 0.6 is 11.3 Å². The van der Waals surface area contributed by atoms with Gasteiger partial charge < -0.3 is 24.6 Å². The molecule has 3 N–H and O–H groups in total. The van der Waals surface area contributed by atoms with Gasteiger partial charge in [0.05, 0.1) is 32.4 Å². The Morgan fingerprint density at radius 3 is 2.40 bits per heavy atom. The maximum atomic E-state index is 14.3. The second-order valence-corrected chi connectivity index (χ2v) is 12.9. The Bertz CT molecular complexity index is 1160. The molecule has 2 saturated heterocycles. The van der Waals surface area contributed by atoms with Crippen molar-refractivity contribution in [3.05, 3.63) is 41.3 Å². The molecule has 0 radical (unpaired) electrons. The van der Waals surface area contributed by atoms with E-state index in [9.17, 15) is 14.4 Å². The zero-order chi connectivity index (χ0) is 28.1. The number of nitrogens with one attached hydrogen (secondary N) is 1. The molecular weight excluding hydrogens is 526 g/mol. The van der Waals surface area contributed by atoms with E-state index in [1.54, 1.807) is 0 Å². The van der Waals surface area contributed by atoms with Crippen molar-refractivity contribution in [3.63, 3.8) is 0 Å². The Morgan fingerprint density at radius 1 is 1.00 bits per heavy atom. The molecule has 9 heteroatoms. The van der Waals surface area contributed by atoms with Crippen LogP contribution in [0.1, 0.15) is 68.0 Å². The molecule has 5 rings (SSSR count). The molecule has 0 bridgehead atoms. The lowest BCUT2D eigenvalue weighted by atomic mass is 9.82. The van der Waals surface area contributed by atoms with Gasteiger partial charge in [0.1, 0.15) is 4.88 Å². The summed E-state index contributed by atoms with van der Waals surface area (Å²) in [6, 6.07) is 11.7. The fraction of sp³-hybridized carbons (Fsp3) is 0.581. The zero-order valence-corrected chi connectivity index (χ0v) is 24.5. The first kappa shape index (κ1) is 28.8. The normalized spacial score (nSPS) is 26.7. The van der Waals surface area contributed by atoms with Crippen molar-refractivity contribution in [2.24, 2.45) is 11.8 Å². The second kappa shape index (κ2) is 13.3. The molecule has 2 aliphatic heterocycles. The van der Waals surface area contributed by atoms with Gasteiger partial charge >= 0.3 is 11.9 Å². The molecule has 1 aliphatic carbocycles. The Balaban J connectivity index is 1.43. The van der Waals surface area contributed by atoms with Crippen molar-refractivity contribution < 1.29 is 34.1 Å². The number of piperidine rings is 1. The highest BCUT2D eigenvalue weighted by atomic mass is 32.1. The van der Waals surface area contributed by atoms with Crippen molar-refractivity contribution in [2.45, 2.75) is 70.4 Å². The summed E-state index contributed by atoms with van der Waals surface area (Å²) in [5, 5.41) is 1.96. The van der Waals surface area contributed by atoms with Crippen LogP contribution < -0.4 is 15.1 Å². The Hall–Kier alpha value is -2.75. The van der Waals surface area contributed by atoms with Gasteiger partial charge in [-0.1, -0.05) is 37.3 Å². The summed E-state index contributed by atoms with van der Waals surface area (Å²) >= 11 is 1.34. The molecule has 0 spiro atoms. The third kappa shape index (κ3) is 6.75. The molecule has 1 amide bonds. The summed E-state index contributed by atoms with van der Waals surface area (Å²) in [5.74, 6) is -0.162. The highest BCUT2D eigenvalue weighted by Crippen LogP contribution is 2.41. The van der Waals surface area contributed by atoms with Gasteiger partial charge in [0.2, 0.25) is 12.7 Å². The van der Waals surface area contributed by atoms with Crippen LogP contribution in [0.25, 0.3) is 10.4 Å². The molecule has 1 unspecified atom stereocenters. The average Bonchev–Trinajstić information content (AvgIpc) is 3.66. The van der Waals surface area contributed by atoms with E-state index in [1.807, 2.05) is 46.6 Å². The van der Waals surface area contributed by atoms with E-state index in [0.29, 0.717) is 16.5 Å². The number of hydrogen-bond donors (Lipinski definition) is 2. The van der Waals surface area contributed by atoms with Gasteiger partial charge in [-0.15, -0.1) is 11.3 Å². The summed E-state index contributed by atoms with van der Waals surface area (Å²) in [7, 11) is 2.19. The van der Waals surface area contributed by atoms with Crippen LogP contribution in [0.15, 0.2) is 36.4 Å². The van der Waals surface area contributed by atoms with Crippen LogP contribution in [0.4, 0.5) is 5.69 Å². The molecular formula is C31H43N3O5S+2. The summed E-state index contributed by atoms with van der Waals surface area (Å²) in [4.78, 5) is 44.9. The minimum atomic E-state index is -0.556. The van der Waals surface area contributed by atoms with Crippen molar-refractivity contribution in [1.29, 1.82) is 0 Å². The number of thiophene rings is 1. The SMILES string of the molecule is CC1CCC(C(=O)N(c2cc(-c3ccccc3)sc2C(=O)OCOC(=O)C2CCC[NH2+]2)C2CC[NH+](C)CC2)CC1. The van der Waals surface area contributed by atoms with Gasteiger partial charge in [-0.3, -0.25) is 4.79 Å². The van der Waals surface area contributed by atoms with Crippen LogP contribution in [0.3, 0.4) is 0 Å². The summed E-state index contributed by atoms with van der Waals surface area (Å²) < 4.78 is 10.8. The van der Waals surface area contributed by atoms with Crippen LogP contribution in [-0.2, 0) is 19.1 Å². The number of carbonyl (C=O) groups excluding carboxylic acids is 3. The summed E-state index contributed by atoms with van der Waals surface area (Å²) in [6.45, 7) is 4.71. The molecule has 2 aromatic rings. The van der Waals surface area contributed by atoms with E-state index in [-0.39, 0.29) is 29.9 Å². The Kier molecular flexibility index (Phi) is 9.55. The quantitative estimate of drug-likeness (QED) is 0.377. The van der Waals surface area contributed by atoms with Crippen molar-refractivity contribution in [2.75, 3.05) is 38.4 Å². The lowest BCUT2D eigenvalue weighted by Gasteiger charge is -2.38. The molecule has 1 saturated carbocycles. The van der Waals surface area contributed by atoms with E-state index in [1.165, 1.54) is 16.2 Å². The Labute approximate surface area is 241 Å². The number of likely N-dealkylation sites (tertiary alicyclic amines) is 1. The predicted octanol–water partition coefficient (Wildman–Crippen LogP) is 2.63. The number of hydrogen-bond acceptors (Lipinski definition) is 6. The number of carbonyl (C=O) groups is 3. The summed E-state index contributed by atoms with van der Waals surface area (Å²) in [6.07, 6.45) is 7.41. The number of anilines is 1. The molecule has 3 aliphatic rings. The number of ether oxygens (including phenoxy) is 2. The van der Waals surface area contributed by atoms with Crippen LogP contribution in [0, 0.1) is 11.8 Å². The first-order valence-corrected chi connectivity index (χ1v) is 15.7. The van der Waals surface area contributed by atoms with Crippen LogP contribution in [0.5, 0.6) is 0 Å². The number of nitrogens with two attached hydrogens (primary N) is 1. The maximum absolute atomic E-state index is 14.3. The fourth-order valence-corrected chi connectivity index (χ4v) is 7.35. The first-order valence-electron chi connectivity index (χ1n) is 14.9. The molecule has 8 nitrogen and oxygen atoms in total. The van der Waals surface area contributed by atoms with E-state index in [0.717, 1.165) is 81.4 Å². The number of nitrogens with zero attached hydrogens (tertiary/aromatic N) is 1. The number of quaternary nitrogens is 2. The molecule has 1 aromatic carbocycles. The standard InChI is InChI=1S/C31H41N3O5S/c1-21-10-12-23(13-11-21)29(35)34(24-14-17-33(2)18-15-24)26-19-27(22-7-4-3-5-8-22)40-28(26)31(37)39-20-38-30(36)25-9-6-16-32-25/h3-5,7-8,19,21,23-25,32H,6,9-18,20H2,1-2H3/p+2. The number of benzene rings is 1. The molecule has 216 valence electrons. The third-order valence-electron chi connectivity index (χ3n) is 8.86. The van der Waals surface area contributed by atoms with E-state index < -0.39 is 12.8 Å². The Morgan fingerprint density at radius 2 is 1.73 bits per heavy atom.